The summed E-state index contributed by atoms with van der Waals surface area (Å²) in [4.78, 5) is 10.1. The molecule has 2 heterocycles. The van der Waals surface area contributed by atoms with Crippen LogP contribution in [0, 0.1) is 13.8 Å². The zero-order valence-corrected chi connectivity index (χ0v) is 30.4. The lowest BCUT2D eigenvalue weighted by atomic mass is 9.93. The topological polar surface area (TPSA) is 35.6 Å². The monoisotopic (exact) mass is 694 g/mol. The van der Waals surface area contributed by atoms with Crippen LogP contribution < -0.4 is 0 Å². The summed E-state index contributed by atoms with van der Waals surface area (Å²) in [5, 5.41) is 5.11. The van der Waals surface area contributed by atoms with Crippen molar-refractivity contribution in [2.75, 3.05) is 0 Å². The first-order chi connectivity index (χ1) is 26.6. The zero-order chi connectivity index (χ0) is 36.2. The first kappa shape index (κ1) is 31.9. The standard InChI is InChI=1S/C50H38N4/c1-33-30-45-39(25-24-37-10-6-7-13-43(37)45)31-44(33)40-26-29-49-47(32-40)52-50(54(49)41-11-4-3-5-12-41)38-22-18-35(19-23-38)16-17-36-20-27-42(28-21-36)53-34(2)51-46-14-8-9-15-48(46)53/h3-15,18-32H,16-17H2,1-2H3. The molecule has 0 spiro atoms. The number of nitrogens with zero attached hydrogens (tertiary/aromatic N) is 4. The second-order valence-electron chi connectivity index (χ2n) is 14.3. The Labute approximate surface area is 314 Å². The van der Waals surface area contributed by atoms with Gasteiger partial charge in [0.15, 0.2) is 0 Å². The summed E-state index contributed by atoms with van der Waals surface area (Å²) in [6.45, 7) is 4.28. The molecule has 0 N–H and O–H groups in total. The van der Waals surface area contributed by atoms with E-state index in [2.05, 4.69) is 187 Å². The number of imidazole rings is 2. The molecule has 4 heteroatoms. The van der Waals surface area contributed by atoms with Gasteiger partial charge in [-0.25, -0.2) is 9.97 Å². The van der Waals surface area contributed by atoms with Crippen LogP contribution in [0.1, 0.15) is 22.5 Å². The molecule has 2 aromatic heterocycles. The molecule has 8 aromatic carbocycles. The number of aryl methyl sites for hydroxylation is 4. The van der Waals surface area contributed by atoms with Gasteiger partial charge in [-0.2, -0.15) is 0 Å². The Hall–Kier alpha value is -6.78. The fourth-order valence-electron chi connectivity index (χ4n) is 8.15. The van der Waals surface area contributed by atoms with Crippen LogP contribution in [0.4, 0.5) is 0 Å². The Balaban J connectivity index is 0.946. The fraction of sp³-hybridized carbons (Fsp3) is 0.0800. The first-order valence-corrected chi connectivity index (χ1v) is 18.7. The van der Waals surface area contributed by atoms with Crippen LogP contribution in [-0.2, 0) is 12.8 Å². The molecule has 0 unspecified atom stereocenters. The Morgan fingerprint density at radius 2 is 1.09 bits per heavy atom. The van der Waals surface area contributed by atoms with Crippen molar-refractivity contribution in [3.05, 3.63) is 192 Å². The van der Waals surface area contributed by atoms with Crippen molar-refractivity contribution in [2.24, 2.45) is 0 Å². The molecule has 10 rings (SSSR count). The molecule has 0 aliphatic heterocycles. The van der Waals surface area contributed by atoms with E-state index < -0.39 is 0 Å². The molecule has 0 amide bonds. The van der Waals surface area contributed by atoms with Crippen molar-refractivity contribution in [1.82, 2.24) is 19.1 Å². The lowest BCUT2D eigenvalue weighted by Crippen LogP contribution is -1.98. The van der Waals surface area contributed by atoms with Gasteiger partial charge in [0.05, 0.1) is 22.1 Å². The van der Waals surface area contributed by atoms with Gasteiger partial charge in [0.1, 0.15) is 11.6 Å². The van der Waals surface area contributed by atoms with E-state index in [4.69, 9.17) is 9.97 Å². The third-order valence-electron chi connectivity index (χ3n) is 10.9. The number of aromatic nitrogens is 4. The molecule has 10 aromatic rings. The minimum Gasteiger partial charge on any atom is -0.297 e. The number of hydrogen-bond donors (Lipinski definition) is 0. The van der Waals surface area contributed by atoms with Gasteiger partial charge in [-0.1, -0.05) is 115 Å². The van der Waals surface area contributed by atoms with Crippen molar-refractivity contribution < 1.29 is 0 Å². The van der Waals surface area contributed by atoms with Crippen molar-refractivity contribution in [1.29, 1.82) is 0 Å². The molecule has 0 saturated carbocycles. The van der Waals surface area contributed by atoms with Gasteiger partial charge < -0.3 is 0 Å². The third-order valence-corrected chi connectivity index (χ3v) is 10.9. The molecule has 258 valence electrons. The molecule has 0 bridgehead atoms. The highest BCUT2D eigenvalue weighted by Gasteiger charge is 2.17. The van der Waals surface area contributed by atoms with E-state index in [1.54, 1.807) is 0 Å². The van der Waals surface area contributed by atoms with Crippen LogP contribution in [-0.4, -0.2) is 19.1 Å². The minimum atomic E-state index is 0.944. The third kappa shape index (κ3) is 5.55. The lowest BCUT2D eigenvalue weighted by Gasteiger charge is -2.12. The van der Waals surface area contributed by atoms with E-state index in [1.165, 1.54) is 49.4 Å². The number of hydrogen-bond acceptors (Lipinski definition) is 2. The summed E-state index contributed by atoms with van der Waals surface area (Å²) in [5.41, 5.74) is 13.9. The van der Waals surface area contributed by atoms with Gasteiger partial charge in [-0.05, 0) is 131 Å². The van der Waals surface area contributed by atoms with Crippen molar-refractivity contribution >= 4 is 43.6 Å². The average Bonchev–Trinajstić information content (AvgIpc) is 3.77. The lowest BCUT2D eigenvalue weighted by molar-refractivity contribution is 0.953. The summed E-state index contributed by atoms with van der Waals surface area (Å²) >= 11 is 0. The van der Waals surface area contributed by atoms with Gasteiger partial charge in [0.2, 0.25) is 0 Å². The van der Waals surface area contributed by atoms with E-state index in [-0.39, 0.29) is 0 Å². The summed E-state index contributed by atoms with van der Waals surface area (Å²) in [7, 11) is 0. The second-order valence-corrected chi connectivity index (χ2v) is 14.3. The molecule has 54 heavy (non-hydrogen) atoms. The van der Waals surface area contributed by atoms with Gasteiger partial charge in [-0.3, -0.25) is 9.13 Å². The van der Waals surface area contributed by atoms with Crippen LogP contribution in [0.3, 0.4) is 0 Å². The molecule has 0 atom stereocenters. The van der Waals surface area contributed by atoms with Crippen LogP contribution >= 0.6 is 0 Å². The van der Waals surface area contributed by atoms with Gasteiger partial charge in [-0.15, -0.1) is 0 Å². The molecule has 0 saturated heterocycles. The number of para-hydroxylation sites is 3. The Morgan fingerprint density at radius 3 is 1.91 bits per heavy atom. The molecule has 4 nitrogen and oxygen atoms in total. The molecule has 0 fully saturated rings. The van der Waals surface area contributed by atoms with E-state index >= 15 is 0 Å². The highest BCUT2D eigenvalue weighted by molar-refractivity contribution is 6.09. The van der Waals surface area contributed by atoms with Gasteiger partial charge in [0.25, 0.3) is 0 Å². The van der Waals surface area contributed by atoms with Gasteiger partial charge in [0, 0.05) is 16.9 Å². The number of benzene rings is 8. The summed E-state index contributed by atoms with van der Waals surface area (Å²) in [6, 6.07) is 61.3. The molecular formula is C50H38N4. The smallest absolute Gasteiger partial charge is 0.145 e. The van der Waals surface area contributed by atoms with E-state index in [0.29, 0.717) is 0 Å². The highest BCUT2D eigenvalue weighted by Crippen LogP contribution is 2.36. The molecule has 0 aliphatic rings. The Bertz CT molecular complexity index is 2990. The quantitative estimate of drug-likeness (QED) is 0.156. The highest BCUT2D eigenvalue weighted by atomic mass is 15.1. The second kappa shape index (κ2) is 13.0. The minimum absolute atomic E-state index is 0.944. The van der Waals surface area contributed by atoms with E-state index in [0.717, 1.165) is 63.5 Å². The van der Waals surface area contributed by atoms with Crippen molar-refractivity contribution in [2.45, 2.75) is 26.7 Å². The predicted octanol–water partition coefficient (Wildman–Crippen LogP) is 12.4. The number of rotatable bonds is 7. The van der Waals surface area contributed by atoms with E-state index in [1.807, 2.05) is 6.07 Å². The van der Waals surface area contributed by atoms with Crippen LogP contribution in [0.2, 0.25) is 0 Å². The summed E-state index contributed by atoms with van der Waals surface area (Å²) in [5.74, 6) is 1.94. The molecule has 0 aliphatic carbocycles. The van der Waals surface area contributed by atoms with E-state index in [9.17, 15) is 0 Å². The Morgan fingerprint density at radius 1 is 0.444 bits per heavy atom. The van der Waals surface area contributed by atoms with Crippen LogP contribution in [0.15, 0.2) is 170 Å². The summed E-state index contributed by atoms with van der Waals surface area (Å²) in [6.07, 6.45) is 1.94. The maximum Gasteiger partial charge on any atom is 0.145 e. The fourth-order valence-corrected chi connectivity index (χ4v) is 8.15. The number of fused-ring (bicyclic) bond motifs is 5. The predicted molar refractivity (Wildman–Crippen MR) is 225 cm³/mol. The largest absolute Gasteiger partial charge is 0.297 e. The normalized spacial score (nSPS) is 11.7. The molecular weight excluding hydrogens is 657 g/mol. The maximum atomic E-state index is 5.31. The zero-order valence-electron chi connectivity index (χ0n) is 30.4. The summed E-state index contributed by atoms with van der Waals surface area (Å²) < 4.78 is 4.52. The SMILES string of the molecule is Cc1cc2c(ccc3ccccc32)cc1-c1ccc2c(c1)nc(-c1ccc(CCc3ccc(-n4c(C)nc5ccccc54)cc3)cc1)n2-c1ccccc1. The van der Waals surface area contributed by atoms with Crippen molar-refractivity contribution in [3.63, 3.8) is 0 Å². The van der Waals surface area contributed by atoms with Crippen LogP contribution in [0.25, 0.3) is 77.5 Å². The molecule has 0 radical (unpaired) electrons. The van der Waals surface area contributed by atoms with Crippen LogP contribution in [0.5, 0.6) is 0 Å². The van der Waals surface area contributed by atoms with Crippen molar-refractivity contribution in [3.8, 4) is 33.9 Å². The average molecular weight is 695 g/mol. The van der Waals surface area contributed by atoms with Gasteiger partial charge >= 0.3 is 0 Å². The Kier molecular flexibility index (Phi) is 7.69. The first-order valence-electron chi connectivity index (χ1n) is 18.7. The maximum absolute atomic E-state index is 5.31.